The van der Waals surface area contributed by atoms with E-state index in [0.717, 1.165) is 84.0 Å². The fourth-order valence-electron chi connectivity index (χ4n) is 10.4. The van der Waals surface area contributed by atoms with Crippen LogP contribution in [0.25, 0.3) is 89.5 Å². The zero-order valence-corrected chi connectivity index (χ0v) is 51.0. The van der Waals surface area contributed by atoms with Crippen LogP contribution in [0.1, 0.15) is 107 Å². The van der Waals surface area contributed by atoms with Crippen molar-refractivity contribution in [1.82, 2.24) is 4.98 Å². The fourth-order valence-corrected chi connectivity index (χ4v) is 10.4. The van der Waals surface area contributed by atoms with Gasteiger partial charge in [-0.15, -0.1) is 0 Å². The summed E-state index contributed by atoms with van der Waals surface area (Å²) in [6.45, 7) is -9.94. The standard InChI is InChI=1S/C23H25FN.C21H22N.C20H20N.C20H19N/c1-16(2)13-20-14-18(9-11-22(20)24)19-10-12-23(25(4)15-19)21-8-6-5-7-17(21)3;1-4-17-9-11-18(12-10-17)19-13-14-22(3)21(15-19)20-8-6-5-7-16(20)2;1-15-8-10-17(11-9-15)18-12-13-21(3)20(14-18)19-7-5-4-6-16(19)2;1-15(2)16-8-10-17(11-9-16)19-12-13-21-20(14-19)18-6-4-3-5-7-18/h5-12,14-16H,13H2,1-4H3;5-15H,4H2,1-3H3;4-14H,1-3H3;3-15H,1-2H3/q3*+1;/i1D3,2D3,16D;2*1D3;1D3,2D3,15D. The summed E-state index contributed by atoms with van der Waals surface area (Å²) in [5.41, 5.74) is 20.4. The van der Waals surface area contributed by atoms with Gasteiger partial charge in [0.15, 0.2) is 18.6 Å². The zero-order valence-electron chi connectivity index (χ0n) is 71.0. The van der Waals surface area contributed by atoms with Crippen molar-refractivity contribution in [2.24, 2.45) is 27.0 Å². The van der Waals surface area contributed by atoms with E-state index in [2.05, 4.69) is 82.7 Å². The number of nitrogens with zero attached hydrogens (tertiary/aromatic N) is 4. The molecule has 12 aromatic rings. The van der Waals surface area contributed by atoms with Crippen LogP contribution < -0.4 is 13.7 Å². The first-order valence-corrected chi connectivity index (χ1v) is 29.3. The van der Waals surface area contributed by atoms with Crippen LogP contribution in [0.5, 0.6) is 0 Å². The molecule has 0 aliphatic rings. The van der Waals surface area contributed by atoms with Crippen molar-refractivity contribution >= 4 is 0 Å². The van der Waals surface area contributed by atoms with Crippen molar-refractivity contribution in [1.29, 1.82) is 0 Å². The van der Waals surface area contributed by atoms with E-state index < -0.39 is 65.1 Å². The van der Waals surface area contributed by atoms with Gasteiger partial charge in [-0.05, 0) is 173 Å². The molecule has 0 saturated carbocycles. The summed E-state index contributed by atoms with van der Waals surface area (Å²) >= 11 is 0. The molecule has 0 aliphatic heterocycles. The highest BCUT2D eigenvalue weighted by Gasteiger charge is 2.18. The lowest BCUT2D eigenvalue weighted by Gasteiger charge is -2.10. The molecule has 0 atom stereocenters. The molecule has 0 saturated heterocycles. The maximum Gasteiger partial charge on any atom is 0.213 e. The summed E-state index contributed by atoms with van der Waals surface area (Å²) in [6, 6.07) is 75.5. The third-order valence-corrected chi connectivity index (χ3v) is 15.5. The number of halogens is 1. The number of aryl methyl sites for hydroxylation is 8. The van der Waals surface area contributed by atoms with Crippen molar-refractivity contribution in [2.45, 2.75) is 80.6 Å². The Kier molecular flexibility index (Phi) is 14.4. The van der Waals surface area contributed by atoms with E-state index in [1.807, 2.05) is 185 Å². The third kappa shape index (κ3) is 16.7. The van der Waals surface area contributed by atoms with Crippen LogP contribution in [0, 0.1) is 39.3 Å². The summed E-state index contributed by atoms with van der Waals surface area (Å²) in [6.07, 6.45) is 7.01. The zero-order chi connectivity index (χ0) is 79.8. The number of hydrogen-bond donors (Lipinski definition) is 0. The van der Waals surface area contributed by atoms with Crippen LogP contribution in [0.4, 0.5) is 4.39 Å². The monoisotopic (exact) mass is 1190 g/mol. The number of hydrogen-bond acceptors (Lipinski definition) is 1. The Bertz CT molecular complexity index is 5080. The average Bonchev–Trinajstić information content (AvgIpc) is 0.740. The molecule has 12 rings (SSSR count). The van der Waals surface area contributed by atoms with Gasteiger partial charge in [-0.25, -0.2) is 18.1 Å². The minimum atomic E-state index is -3.11. The minimum absolute atomic E-state index is 0.0615. The van der Waals surface area contributed by atoms with Gasteiger partial charge >= 0.3 is 0 Å². The largest absolute Gasteiger partial charge is 0.256 e. The van der Waals surface area contributed by atoms with Gasteiger partial charge in [-0.2, -0.15) is 0 Å². The normalized spacial score (nSPS) is 15.2. The van der Waals surface area contributed by atoms with Crippen molar-refractivity contribution < 1.29 is 45.5 Å². The molecule has 0 bridgehead atoms. The molecule has 0 aliphatic carbocycles. The molecule has 0 N–H and O–H groups in total. The summed E-state index contributed by atoms with van der Waals surface area (Å²) in [7, 11) is 5.97. The van der Waals surface area contributed by atoms with Gasteiger partial charge in [0.25, 0.3) is 0 Å². The van der Waals surface area contributed by atoms with Gasteiger partial charge in [0.2, 0.25) is 17.1 Å². The highest BCUT2D eigenvalue weighted by Crippen LogP contribution is 2.31. The predicted octanol–water partition coefficient (Wildman–Crippen LogP) is 20.2. The molecule has 0 amide bonds. The first-order chi connectivity index (χ1) is 51.0. The first-order valence-electron chi connectivity index (χ1n) is 39.3. The maximum atomic E-state index is 14.5. The van der Waals surface area contributed by atoms with Crippen molar-refractivity contribution in [3.8, 4) is 89.5 Å². The van der Waals surface area contributed by atoms with E-state index in [1.54, 1.807) is 36.5 Å². The van der Waals surface area contributed by atoms with E-state index in [0.29, 0.717) is 11.1 Å². The molecule has 446 valence electrons. The van der Waals surface area contributed by atoms with Crippen molar-refractivity contribution in [3.63, 3.8) is 0 Å². The highest BCUT2D eigenvalue weighted by molar-refractivity contribution is 5.73. The molecular formula is C84H86FN4+3. The number of rotatable bonds is 12. The van der Waals surface area contributed by atoms with E-state index in [-0.39, 0.29) is 17.5 Å². The van der Waals surface area contributed by atoms with Gasteiger partial charge in [-0.3, -0.25) is 4.98 Å². The van der Waals surface area contributed by atoms with Gasteiger partial charge in [0.1, 0.15) is 27.0 Å². The molecule has 89 heavy (non-hydrogen) atoms. The Morgan fingerprint density at radius 1 is 0.438 bits per heavy atom. The SMILES string of the molecule is [2H]C([2H])([2H])C([2H])(Cc1cc(-c2ccc(-c3ccccc3C)[n+](C)c2)ccc1F)C([2H])([2H])[2H].[2H]C([2H])([2H])C([2H])(c1ccc(-c2ccnc(-c3ccccc3)c2)cc1)C([2H])([2H])[2H].[2H]C([2H])([2H])Cc1ccc(-c2cc[n+](C)c(-c3ccccc3C)c2)cc1.[2H]C([2H])([2H])c1ccc(-c2cc[n+](C)c(-c3ccccc3C)c2)cc1. The lowest BCUT2D eigenvalue weighted by molar-refractivity contribution is -0.660. The van der Waals surface area contributed by atoms with Crippen LogP contribution in [0.15, 0.2) is 267 Å². The van der Waals surface area contributed by atoms with Gasteiger partial charge in [-0.1, -0.05) is 204 Å². The first kappa shape index (κ1) is 42.2. The van der Waals surface area contributed by atoms with Crippen molar-refractivity contribution in [2.75, 3.05) is 0 Å². The smallest absolute Gasteiger partial charge is 0.213 e. The second kappa shape index (κ2) is 30.3. The van der Waals surface area contributed by atoms with Crippen molar-refractivity contribution in [3.05, 3.63) is 312 Å². The molecule has 4 heterocycles. The Labute approximate surface area is 558 Å². The van der Waals surface area contributed by atoms with E-state index in [4.69, 9.17) is 27.4 Å². The Hall–Kier alpha value is -9.71. The topological polar surface area (TPSA) is 24.5 Å². The predicted molar refractivity (Wildman–Crippen MR) is 371 cm³/mol. The Balaban J connectivity index is 0.000000168. The fraction of sp³-hybridized carbons (Fsp3) is 0.190. The molecule has 5 heteroatoms. The molecule has 0 unspecified atom stereocenters. The molecule has 0 radical (unpaired) electrons. The van der Waals surface area contributed by atoms with E-state index in [9.17, 15) is 4.39 Å². The molecule has 8 aromatic carbocycles. The summed E-state index contributed by atoms with van der Waals surface area (Å²) in [5, 5.41) is 0. The molecule has 4 aromatic heterocycles. The summed E-state index contributed by atoms with van der Waals surface area (Å²) < 4.78 is 173. The Morgan fingerprint density at radius 2 is 0.933 bits per heavy atom. The van der Waals surface area contributed by atoms with Crippen LogP contribution in [-0.2, 0) is 34.0 Å². The average molecular weight is 1190 g/mol. The van der Waals surface area contributed by atoms with Crippen LogP contribution >= 0.6 is 0 Å². The van der Waals surface area contributed by atoms with Gasteiger partial charge in [0.05, 0.1) is 5.69 Å². The highest BCUT2D eigenvalue weighted by atomic mass is 19.1. The third-order valence-electron chi connectivity index (χ3n) is 15.5. The lowest BCUT2D eigenvalue weighted by atomic mass is 9.97. The number of benzene rings is 8. The van der Waals surface area contributed by atoms with Crippen LogP contribution in [0.3, 0.4) is 0 Å². The number of pyridine rings is 4. The van der Waals surface area contributed by atoms with E-state index >= 15 is 0 Å². The lowest BCUT2D eigenvalue weighted by Crippen LogP contribution is -2.30. The van der Waals surface area contributed by atoms with Gasteiger partial charge in [0, 0.05) is 91.8 Å². The number of aromatic nitrogens is 4. The second-order valence-corrected chi connectivity index (χ2v) is 21.8. The van der Waals surface area contributed by atoms with Crippen LogP contribution in [0.2, 0.25) is 0 Å². The summed E-state index contributed by atoms with van der Waals surface area (Å²) in [4.78, 5) is 4.38. The van der Waals surface area contributed by atoms with Crippen LogP contribution in [-0.4, -0.2) is 4.98 Å². The molecule has 4 nitrogen and oxygen atoms in total. The summed E-state index contributed by atoms with van der Waals surface area (Å²) in [5.74, 6) is -6.25. The maximum absolute atomic E-state index is 14.5. The Morgan fingerprint density at radius 3 is 1.46 bits per heavy atom. The van der Waals surface area contributed by atoms with Gasteiger partial charge < -0.3 is 0 Å². The molecule has 0 fully saturated rings. The van der Waals surface area contributed by atoms with E-state index in [1.165, 1.54) is 46.5 Å². The quantitative estimate of drug-likeness (QED) is 0.112. The molecular weight excluding hydrogens is 1080 g/mol. The minimum Gasteiger partial charge on any atom is -0.256 e. The second-order valence-electron chi connectivity index (χ2n) is 21.8. The molecule has 0 spiro atoms.